The SMILES string of the molecule is O=NCc1nnsc1I(I)I. The second-order valence-corrected chi connectivity index (χ2v) is 26.6. The molecule has 0 unspecified atom stereocenters. The maximum atomic E-state index is 9.95. The van der Waals surface area contributed by atoms with E-state index in [1.807, 2.05) is 0 Å². The fraction of sp³-hybridized carbons (Fsp3) is 0.333. The van der Waals surface area contributed by atoms with Crippen LogP contribution in [0.4, 0.5) is 0 Å². The van der Waals surface area contributed by atoms with Crippen molar-refractivity contribution in [1.29, 1.82) is 0 Å². The van der Waals surface area contributed by atoms with Crippen molar-refractivity contribution in [1.82, 2.24) is 9.59 Å². The van der Waals surface area contributed by atoms with Crippen molar-refractivity contribution in [2.75, 3.05) is 0 Å². The van der Waals surface area contributed by atoms with Crippen LogP contribution in [0.1, 0.15) is 5.69 Å². The minimum atomic E-state index is -1.07. The predicted octanol–water partition coefficient (Wildman–Crippen LogP) is 3.18. The second kappa shape index (κ2) is 5.16. The fourth-order valence-corrected chi connectivity index (χ4v) is 8.55. The summed E-state index contributed by atoms with van der Waals surface area (Å²) in [7, 11) is 0. The molecule has 1 heterocycles. The Morgan fingerprint density at radius 3 is 2.91 bits per heavy atom. The molecule has 0 aromatic carbocycles. The summed E-state index contributed by atoms with van der Waals surface area (Å²) in [6.45, 7) is 0.172. The van der Waals surface area contributed by atoms with Crippen molar-refractivity contribution >= 4 is 60.6 Å². The van der Waals surface area contributed by atoms with E-state index in [0.29, 0.717) is 0 Å². The zero-order valence-electron chi connectivity index (χ0n) is 5.00. The Morgan fingerprint density at radius 1 is 1.64 bits per heavy atom. The van der Waals surface area contributed by atoms with E-state index in [2.05, 4.69) is 52.0 Å². The van der Waals surface area contributed by atoms with Gasteiger partial charge in [-0.3, -0.25) is 0 Å². The van der Waals surface area contributed by atoms with Crippen LogP contribution in [0.25, 0.3) is 0 Å². The molecule has 0 bridgehead atoms. The monoisotopic (exact) mass is 509 g/mol. The Labute approximate surface area is 93.8 Å². The normalized spacial score (nSPS) is 11.3. The number of hydrogen-bond acceptors (Lipinski definition) is 5. The summed E-state index contributed by atoms with van der Waals surface area (Å²) in [5.74, 6) is 0. The maximum absolute atomic E-state index is 9.95. The first-order chi connectivity index (χ1) is 5.25. The molecule has 1 aromatic rings. The van der Waals surface area contributed by atoms with E-state index in [4.69, 9.17) is 0 Å². The zero-order valence-corrected chi connectivity index (χ0v) is 12.3. The van der Waals surface area contributed by atoms with Crippen molar-refractivity contribution in [3.8, 4) is 0 Å². The van der Waals surface area contributed by atoms with Crippen LogP contribution in [-0.2, 0) is 6.54 Å². The van der Waals surface area contributed by atoms with Crippen LogP contribution >= 0.6 is 60.6 Å². The average molecular weight is 509 g/mol. The summed E-state index contributed by atoms with van der Waals surface area (Å²) in [5.41, 5.74) is 0.777. The number of nitrogens with zero attached hydrogens (tertiary/aromatic N) is 3. The molecule has 0 aliphatic carbocycles. The molecule has 0 spiro atoms. The number of aromatic nitrogens is 2. The van der Waals surface area contributed by atoms with E-state index < -0.39 is 11.9 Å². The van der Waals surface area contributed by atoms with Crippen LogP contribution < -0.4 is 0 Å². The number of halogens is 3. The molecule has 0 amide bonds. The molecule has 1 aromatic heterocycles. The molecular weight excluding hydrogens is 507 g/mol. The Hall–Kier alpha value is 1.35. The van der Waals surface area contributed by atoms with Crippen LogP contribution in [0.2, 0.25) is 0 Å². The van der Waals surface area contributed by atoms with Gasteiger partial charge in [0.25, 0.3) is 0 Å². The summed E-state index contributed by atoms with van der Waals surface area (Å²) in [4.78, 5) is 9.95. The first-order valence-corrected chi connectivity index (χ1v) is 16.8. The first kappa shape index (κ1) is 10.4. The fourth-order valence-electron chi connectivity index (χ4n) is 0.461. The van der Waals surface area contributed by atoms with Gasteiger partial charge in [-0.2, -0.15) is 0 Å². The van der Waals surface area contributed by atoms with Gasteiger partial charge in [-0.1, -0.05) is 0 Å². The number of rotatable bonds is 3. The molecule has 11 heavy (non-hydrogen) atoms. The second-order valence-electron chi connectivity index (χ2n) is 1.48. The van der Waals surface area contributed by atoms with E-state index >= 15 is 0 Å². The standard InChI is InChI=1S/C3H2I3N3OS/c4-6(5)3-2(1-7-10)8-9-11-3/h1H2. The zero-order chi connectivity index (χ0) is 8.27. The Kier molecular flexibility index (Phi) is 4.89. The van der Waals surface area contributed by atoms with Crippen molar-refractivity contribution in [3.05, 3.63) is 13.5 Å². The molecule has 62 valence electrons. The van der Waals surface area contributed by atoms with E-state index in [1.165, 1.54) is 14.4 Å². The molecule has 0 radical (unpaired) electrons. The van der Waals surface area contributed by atoms with Gasteiger partial charge in [0.15, 0.2) is 0 Å². The molecule has 4 nitrogen and oxygen atoms in total. The Bertz CT molecular complexity index is 252. The molecule has 0 aliphatic rings. The predicted molar refractivity (Wildman–Crippen MR) is 70.2 cm³/mol. The summed E-state index contributed by atoms with van der Waals surface area (Å²) < 4.78 is 4.97. The van der Waals surface area contributed by atoms with Crippen molar-refractivity contribution in [3.63, 3.8) is 0 Å². The van der Waals surface area contributed by atoms with Gasteiger partial charge in [0.1, 0.15) is 0 Å². The summed E-state index contributed by atoms with van der Waals surface area (Å²) in [5, 5.41) is 6.63. The van der Waals surface area contributed by atoms with Crippen LogP contribution in [-0.4, -0.2) is 9.59 Å². The van der Waals surface area contributed by atoms with E-state index in [0.717, 1.165) is 5.69 Å². The Morgan fingerprint density at radius 2 is 2.36 bits per heavy atom. The number of hydrogen-bond donors (Lipinski definition) is 0. The van der Waals surface area contributed by atoms with Crippen molar-refractivity contribution < 1.29 is 0 Å². The quantitative estimate of drug-likeness (QED) is 0.465. The molecule has 0 N–H and O–H groups in total. The molecule has 0 fully saturated rings. The van der Waals surface area contributed by atoms with Gasteiger partial charge in [-0.25, -0.2) is 0 Å². The van der Waals surface area contributed by atoms with Crippen molar-refractivity contribution in [2.45, 2.75) is 6.54 Å². The third-order valence-corrected chi connectivity index (χ3v) is 13.6. The molecule has 0 saturated heterocycles. The molecule has 0 saturated carbocycles. The summed E-state index contributed by atoms with van der Waals surface area (Å²) >= 11 is 5.12. The summed E-state index contributed by atoms with van der Waals surface area (Å²) in [6.07, 6.45) is 0. The van der Waals surface area contributed by atoms with Gasteiger partial charge in [-0.15, -0.1) is 0 Å². The van der Waals surface area contributed by atoms with Crippen LogP contribution in [0, 0.1) is 7.79 Å². The van der Waals surface area contributed by atoms with Crippen LogP contribution in [0.3, 0.4) is 0 Å². The minimum absolute atomic E-state index is 0.172. The Balaban J connectivity index is 2.86. The van der Waals surface area contributed by atoms with Crippen LogP contribution in [0.15, 0.2) is 5.18 Å². The number of nitroso groups, excluding NO2 is 1. The molecular formula is C3H2I3N3OS. The van der Waals surface area contributed by atoms with E-state index in [-0.39, 0.29) is 6.54 Å². The third kappa shape index (κ3) is 2.95. The van der Waals surface area contributed by atoms with Gasteiger partial charge >= 0.3 is 95.4 Å². The molecule has 0 aliphatic heterocycles. The van der Waals surface area contributed by atoms with Gasteiger partial charge in [0, 0.05) is 0 Å². The topological polar surface area (TPSA) is 55.2 Å². The van der Waals surface area contributed by atoms with E-state index in [1.54, 1.807) is 0 Å². The van der Waals surface area contributed by atoms with Gasteiger partial charge in [-0.05, 0) is 0 Å². The molecule has 8 heteroatoms. The molecule has 0 atom stereocenters. The molecule has 1 rings (SSSR count). The third-order valence-electron chi connectivity index (χ3n) is 0.853. The average Bonchev–Trinajstić information content (AvgIpc) is 2.36. The summed E-state index contributed by atoms with van der Waals surface area (Å²) in [6, 6.07) is 0. The van der Waals surface area contributed by atoms with Gasteiger partial charge in [0.05, 0.1) is 0 Å². The van der Waals surface area contributed by atoms with Crippen molar-refractivity contribution in [2.24, 2.45) is 5.18 Å². The van der Waals surface area contributed by atoms with Gasteiger partial charge < -0.3 is 0 Å². The van der Waals surface area contributed by atoms with Gasteiger partial charge in [0.2, 0.25) is 0 Å². The van der Waals surface area contributed by atoms with E-state index in [9.17, 15) is 4.91 Å². The first-order valence-electron chi connectivity index (χ1n) is 2.39. The van der Waals surface area contributed by atoms with Crippen LogP contribution in [0.5, 0.6) is 0 Å².